The normalized spacial score (nSPS) is 14.4. The minimum Gasteiger partial charge on any atom is -0.351 e. The average molecular weight is 379 g/mol. The van der Waals surface area contributed by atoms with Crippen LogP contribution in [0, 0.1) is 0 Å². The number of nitrogens with one attached hydrogen (secondary N) is 3. The first kappa shape index (κ1) is 17.3. The van der Waals surface area contributed by atoms with Gasteiger partial charge in [0.25, 0.3) is 5.91 Å². The van der Waals surface area contributed by atoms with E-state index < -0.39 is 25.0 Å². The number of carbonyl (C=O) groups excluding carboxylic acids is 1. The molecule has 0 fully saturated rings. The first-order valence-electron chi connectivity index (χ1n) is 8.36. The summed E-state index contributed by atoms with van der Waals surface area (Å²) >= 11 is 0. The van der Waals surface area contributed by atoms with Crippen molar-refractivity contribution in [3.05, 3.63) is 35.5 Å². The van der Waals surface area contributed by atoms with Gasteiger partial charge in [0.2, 0.25) is 0 Å². The van der Waals surface area contributed by atoms with E-state index in [1.165, 1.54) is 6.33 Å². The number of carbonyl (C=O) groups is 1. The van der Waals surface area contributed by atoms with E-state index in [4.69, 9.17) is 0 Å². The molecule has 0 aliphatic carbocycles. The van der Waals surface area contributed by atoms with Gasteiger partial charge < -0.3 is 15.2 Å². The highest BCUT2D eigenvalue weighted by Gasteiger charge is 2.29. The van der Waals surface area contributed by atoms with Crippen LogP contribution < -0.4 is 10.2 Å². The van der Waals surface area contributed by atoms with Crippen molar-refractivity contribution in [2.75, 3.05) is 18.0 Å². The lowest BCUT2D eigenvalue weighted by Gasteiger charge is -2.28. The van der Waals surface area contributed by atoms with Crippen LogP contribution in [0.5, 0.6) is 0 Å². The highest BCUT2D eigenvalue weighted by Crippen LogP contribution is 2.28. The number of aromatic nitrogens is 5. The largest absolute Gasteiger partial charge is 0.390 e. The number of H-pyrrole nitrogens is 2. The molecule has 3 N–H and O–H groups in total. The predicted molar refractivity (Wildman–Crippen MR) is 90.2 cm³/mol. The first-order valence-corrected chi connectivity index (χ1v) is 8.36. The van der Waals surface area contributed by atoms with E-state index in [-0.39, 0.29) is 5.69 Å². The van der Waals surface area contributed by atoms with Gasteiger partial charge in [0.15, 0.2) is 5.69 Å². The van der Waals surface area contributed by atoms with E-state index in [0.29, 0.717) is 30.7 Å². The second-order valence-electron chi connectivity index (χ2n) is 6.26. The third kappa shape index (κ3) is 3.44. The van der Waals surface area contributed by atoms with E-state index >= 15 is 0 Å². The van der Waals surface area contributed by atoms with Crippen LogP contribution in [0.25, 0.3) is 11.0 Å². The zero-order chi connectivity index (χ0) is 19.0. The summed E-state index contributed by atoms with van der Waals surface area (Å²) in [4.78, 5) is 25.8. The van der Waals surface area contributed by atoms with Crippen LogP contribution in [-0.2, 0) is 13.0 Å². The molecule has 3 aromatic heterocycles. The van der Waals surface area contributed by atoms with E-state index in [0.717, 1.165) is 16.9 Å². The van der Waals surface area contributed by atoms with Gasteiger partial charge in [0.05, 0.1) is 11.8 Å². The number of alkyl halides is 3. The molecule has 4 heterocycles. The zero-order valence-electron chi connectivity index (χ0n) is 14.1. The lowest BCUT2D eigenvalue weighted by molar-refractivity contribution is -0.132. The lowest BCUT2D eigenvalue weighted by atomic mass is 10.0. The Kier molecular flexibility index (Phi) is 4.21. The van der Waals surface area contributed by atoms with Crippen LogP contribution >= 0.6 is 0 Å². The second kappa shape index (κ2) is 6.56. The molecular formula is C16H16F3N7O. The zero-order valence-corrected chi connectivity index (χ0v) is 14.1. The molecular weight excluding hydrogens is 363 g/mol. The molecule has 0 unspecified atom stereocenters. The molecule has 0 aromatic carbocycles. The molecule has 0 bridgehead atoms. The number of nitrogens with zero attached hydrogens (tertiary/aromatic N) is 4. The van der Waals surface area contributed by atoms with Crippen molar-refractivity contribution >= 4 is 22.8 Å². The molecule has 0 saturated heterocycles. The number of aromatic amines is 2. The lowest BCUT2D eigenvalue weighted by Crippen LogP contribution is -2.33. The molecule has 4 rings (SSSR count). The van der Waals surface area contributed by atoms with Crippen LogP contribution in [-0.4, -0.2) is 50.3 Å². The van der Waals surface area contributed by atoms with Crippen molar-refractivity contribution in [3.8, 4) is 0 Å². The molecule has 11 heteroatoms. The van der Waals surface area contributed by atoms with Gasteiger partial charge in [-0.15, -0.1) is 0 Å². The number of rotatable bonds is 4. The van der Waals surface area contributed by atoms with Crippen molar-refractivity contribution in [3.63, 3.8) is 0 Å². The van der Waals surface area contributed by atoms with E-state index in [2.05, 4.69) is 30.5 Å². The predicted octanol–water partition coefficient (Wildman–Crippen LogP) is 1.93. The number of hydrogen-bond acceptors (Lipinski definition) is 5. The topological polar surface area (TPSA) is 103 Å². The molecule has 1 amide bonds. The number of halogens is 3. The molecule has 142 valence electrons. The van der Waals surface area contributed by atoms with Gasteiger partial charge in [-0.25, -0.2) is 9.97 Å². The second-order valence-corrected chi connectivity index (χ2v) is 6.26. The summed E-state index contributed by atoms with van der Waals surface area (Å²) in [6.45, 7) is 0.566. The molecule has 3 aromatic rings. The molecule has 0 saturated carbocycles. The number of fused-ring (bicyclic) bond motifs is 2. The maximum Gasteiger partial charge on any atom is 0.390 e. The Morgan fingerprint density at radius 2 is 2.19 bits per heavy atom. The van der Waals surface area contributed by atoms with Gasteiger partial charge in [0.1, 0.15) is 17.8 Å². The summed E-state index contributed by atoms with van der Waals surface area (Å²) in [6, 6.07) is 1.88. The van der Waals surface area contributed by atoms with E-state index in [1.54, 1.807) is 6.20 Å². The van der Waals surface area contributed by atoms with Gasteiger partial charge in [-0.1, -0.05) is 0 Å². The van der Waals surface area contributed by atoms with Crippen LogP contribution in [0.15, 0.2) is 18.6 Å². The van der Waals surface area contributed by atoms with Gasteiger partial charge in [-0.3, -0.25) is 9.89 Å². The maximum absolute atomic E-state index is 12.3. The molecule has 0 radical (unpaired) electrons. The highest BCUT2D eigenvalue weighted by atomic mass is 19.4. The standard InChI is InChI=1S/C16H16F3N7O/c17-16(18,19)3-5-21-15(27)12-10-7-26(6-2-11(10)24-25-12)14-9-1-4-20-13(9)22-8-23-14/h1,4,8H,2-3,5-7H2,(H,21,27)(H,24,25)(H,20,22,23). The van der Waals surface area contributed by atoms with Crippen LogP contribution in [0.3, 0.4) is 0 Å². The van der Waals surface area contributed by atoms with Crippen molar-refractivity contribution in [1.82, 2.24) is 30.5 Å². The Morgan fingerprint density at radius 3 is 3.00 bits per heavy atom. The smallest absolute Gasteiger partial charge is 0.351 e. The third-order valence-electron chi connectivity index (χ3n) is 4.48. The number of hydrogen-bond donors (Lipinski definition) is 3. The van der Waals surface area contributed by atoms with Crippen molar-refractivity contribution in [1.29, 1.82) is 0 Å². The Hall–Kier alpha value is -3.11. The first-order chi connectivity index (χ1) is 12.9. The summed E-state index contributed by atoms with van der Waals surface area (Å²) < 4.78 is 36.8. The maximum atomic E-state index is 12.3. The van der Waals surface area contributed by atoms with Crippen molar-refractivity contribution < 1.29 is 18.0 Å². The summed E-state index contributed by atoms with van der Waals surface area (Å²) in [7, 11) is 0. The monoisotopic (exact) mass is 379 g/mol. The minimum absolute atomic E-state index is 0.122. The Bertz CT molecular complexity index is 978. The summed E-state index contributed by atoms with van der Waals surface area (Å²) in [5.74, 6) is 0.115. The van der Waals surface area contributed by atoms with Gasteiger partial charge in [-0.05, 0) is 6.07 Å². The molecule has 8 nitrogen and oxygen atoms in total. The fourth-order valence-corrected chi connectivity index (χ4v) is 3.18. The molecule has 1 aliphatic heterocycles. The molecule has 1 aliphatic rings. The SMILES string of the molecule is O=C(NCCC(F)(F)F)c1n[nH]c2c1CN(c1ncnc3[nH]ccc13)CC2. The highest BCUT2D eigenvalue weighted by molar-refractivity contribution is 5.94. The average Bonchev–Trinajstić information content (AvgIpc) is 3.26. The van der Waals surface area contributed by atoms with E-state index in [9.17, 15) is 18.0 Å². The fraction of sp³-hybridized carbons (Fsp3) is 0.375. The summed E-state index contributed by atoms with van der Waals surface area (Å²) in [6.07, 6.45) is -1.54. The van der Waals surface area contributed by atoms with E-state index in [1.807, 2.05) is 11.0 Å². The quantitative estimate of drug-likeness (QED) is 0.643. The summed E-state index contributed by atoms with van der Waals surface area (Å²) in [5.41, 5.74) is 2.32. The summed E-state index contributed by atoms with van der Waals surface area (Å²) in [5, 5.41) is 9.97. The van der Waals surface area contributed by atoms with Gasteiger partial charge in [-0.2, -0.15) is 18.3 Å². The van der Waals surface area contributed by atoms with Crippen LogP contribution in [0.4, 0.5) is 19.0 Å². The Balaban J connectivity index is 1.53. The van der Waals surface area contributed by atoms with Crippen LogP contribution in [0.2, 0.25) is 0 Å². The van der Waals surface area contributed by atoms with Crippen molar-refractivity contribution in [2.45, 2.75) is 25.6 Å². The molecule has 0 spiro atoms. The Morgan fingerprint density at radius 1 is 1.33 bits per heavy atom. The van der Waals surface area contributed by atoms with Crippen LogP contribution in [0.1, 0.15) is 28.2 Å². The molecule has 0 atom stereocenters. The van der Waals surface area contributed by atoms with Crippen molar-refractivity contribution in [2.24, 2.45) is 0 Å². The number of anilines is 1. The number of amides is 1. The third-order valence-corrected chi connectivity index (χ3v) is 4.48. The minimum atomic E-state index is -4.32. The molecule has 27 heavy (non-hydrogen) atoms. The van der Waals surface area contributed by atoms with Gasteiger partial charge in [0, 0.05) is 43.5 Å². The van der Waals surface area contributed by atoms with Gasteiger partial charge >= 0.3 is 6.18 Å². The fourth-order valence-electron chi connectivity index (χ4n) is 3.18. The Labute approximate surface area is 151 Å².